The number of anilines is 1. The smallest absolute Gasteiger partial charge is 0.328 e. The molecule has 0 radical (unpaired) electrons. The molecule has 0 atom stereocenters. The van der Waals surface area contributed by atoms with Gasteiger partial charge in [-0.25, -0.2) is 4.79 Å². The van der Waals surface area contributed by atoms with Crippen molar-refractivity contribution in [2.75, 3.05) is 11.4 Å². The Balaban J connectivity index is 2.23. The first kappa shape index (κ1) is 10.6. The molecule has 1 fully saturated rings. The summed E-state index contributed by atoms with van der Waals surface area (Å²) in [7, 11) is 0. The number of urea groups is 1. The number of nitrogens with one attached hydrogen (secondary N) is 1. The third-order valence-corrected chi connectivity index (χ3v) is 2.33. The minimum Gasteiger partial charge on any atom is -0.392 e. The number of carbonyl (C=O) groups is 2. The van der Waals surface area contributed by atoms with Gasteiger partial charge < -0.3 is 5.11 Å². The molecular weight excluding hydrogens is 210 g/mol. The van der Waals surface area contributed by atoms with E-state index in [2.05, 4.69) is 10.3 Å². The molecule has 2 heterocycles. The molecule has 1 aliphatic heterocycles. The van der Waals surface area contributed by atoms with E-state index >= 15 is 0 Å². The maximum atomic E-state index is 11.5. The quantitative estimate of drug-likeness (QED) is 0.737. The molecule has 1 saturated heterocycles. The Bertz CT molecular complexity index is 433. The third-order valence-electron chi connectivity index (χ3n) is 2.33. The highest BCUT2D eigenvalue weighted by molar-refractivity contribution is 6.05. The Morgan fingerprint density at radius 2 is 2.25 bits per heavy atom. The summed E-state index contributed by atoms with van der Waals surface area (Å²) >= 11 is 0. The van der Waals surface area contributed by atoms with Crippen LogP contribution in [0.2, 0.25) is 0 Å². The summed E-state index contributed by atoms with van der Waals surface area (Å²) in [4.78, 5) is 27.8. The first-order valence-corrected chi connectivity index (χ1v) is 4.87. The molecule has 2 N–H and O–H groups in total. The fraction of sp³-hybridized carbons (Fsp3) is 0.300. The molecule has 6 nitrogen and oxygen atoms in total. The molecule has 84 valence electrons. The third kappa shape index (κ3) is 2.01. The molecule has 16 heavy (non-hydrogen) atoms. The second kappa shape index (κ2) is 4.28. The monoisotopic (exact) mass is 221 g/mol. The first-order valence-electron chi connectivity index (χ1n) is 4.87. The second-order valence-corrected chi connectivity index (χ2v) is 3.46. The average Bonchev–Trinajstić information content (AvgIpc) is 2.29. The number of hydrogen-bond donors (Lipinski definition) is 2. The molecule has 1 aromatic rings. The number of aliphatic hydroxyl groups is 1. The van der Waals surface area contributed by atoms with Crippen LogP contribution in [-0.2, 0) is 11.4 Å². The average molecular weight is 221 g/mol. The van der Waals surface area contributed by atoms with E-state index in [0.29, 0.717) is 17.8 Å². The molecule has 0 aromatic carbocycles. The van der Waals surface area contributed by atoms with Crippen molar-refractivity contribution in [1.82, 2.24) is 10.3 Å². The zero-order chi connectivity index (χ0) is 11.5. The van der Waals surface area contributed by atoms with Crippen LogP contribution >= 0.6 is 0 Å². The second-order valence-electron chi connectivity index (χ2n) is 3.46. The van der Waals surface area contributed by atoms with Crippen LogP contribution in [0.5, 0.6) is 0 Å². The predicted octanol–water partition coefficient (Wildman–Crippen LogP) is 0.0202. The number of aromatic nitrogens is 1. The van der Waals surface area contributed by atoms with Gasteiger partial charge in [0, 0.05) is 19.2 Å². The lowest BCUT2D eigenvalue weighted by Crippen LogP contribution is -2.49. The van der Waals surface area contributed by atoms with Crippen LogP contribution in [0.1, 0.15) is 12.0 Å². The molecular formula is C10H11N3O3. The lowest BCUT2D eigenvalue weighted by molar-refractivity contribution is -0.120. The molecule has 0 saturated carbocycles. The molecule has 0 aliphatic carbocycles. The zero-order valence-electron chi connectivity index (χ0n) is 8.51. The van der Waals surface area contributed by atoms with Crippen molar-refractivity contribution in [3.05, 3.63) is 24.0 Å². The van der Waals surface area contributed by atoms with Crippen LogP contribution in [0, 0.1) is 0 Å². The molecule has 1 aromatic heterocycles. The van der Waals surface area contributed by atoms with Gasteiger partial charge in [-0.15, -0.1) is 0 Å². The number of amides is 3. The van der Waals surface area contributed by atoms with Crippen LogP contribution in [0.4, 0.5) is 10.5 Å². The van der Waals surface area contributed by atoms with Gasteiger partial charge in [-0.3, -0.25) is 20.0 Å². The Morgan fingerprint density at radius 1 is 1.44 bits per heavy atom. The standard InChI is InChI=1S/C10H11N3O3/c14-6-7-3-8(5-11-4-7)13-2-1-9(15)12-10(13)16/h3-5,14H,1-2,6H2,(H,12,15,16). The molecule has 0 unspecified atom stereocenters. The van der Waals surface area contributed by atoms with E-state index in [9.17, 15) is 9.59 Å². The van der Waals surface area contributed by atoms with Gasteiger partial charge in [0.15, 0.2) is 0 Å². The van der Waals surface area contributed by atoms with Crippen molar-refractivity contribution < 1.29 is 14.7 Å². The molecule has 1 aliphatic rings. The number of hydrogen-bond acceptors (Lipinski definition) is 4. The van der Waals surface area contributed by atoms with Crippen LogP contribution in [0.3, 0.4) is 0 Å². The number of rotatable bonds is 2. The minimum absolute atomic E-state index is 0.130. The molecule has 6 heteroatoms. The van der Waals surface area contributed by atoms with Crippen LogP contribution in [0.25, 0.3) is 0 Å². The summed E-state index contributed by atoms with van der Waals surface area (Å²) in [6.07, 6.45) is 3.32. The van der Waals surface area contributed by atoms with E-state index in [1.807, 2.05) is 0 Å². The first-order chi connectivity index (χ1) is 7.70. The van der Waals surface area contributed by atoms with Gasteiger partial charge in [0.05, 0.1) is 18.5 Å². The molecule has 0 spiro atoms. The fourth-order valence-corrected chi connectivity index (χ4v) is 1.52. The van der Waals surface area contributed by atoms with Crippen molar-refractivity contribution in [1.29, 1.82) is 0 Å². The summed E-state index contributed by atoms with van der Waals surface area (Å²) in [5.41, 5.74) is 1.21. The lowest BCUT2D eigenvalue weighted by atomic mass is 10.2. The van der Waals surface area contributed by atoms with Crippen molar-refractivity contribution in [3.63, 3.8) is 0 Å². The maximum Gasteiger partial charge on any atom is 0.328 e. The van der Waals surface area contributed by atoms with Crippen molar-refractivity contribution in [2.24, 2.45) is 0 Å². The Labute approximate surface area is 91.9 Å². The number of carbonyl (C=O) groups excluding carboxylic acids is 2. The number of aliphatic hydroxyl groups excluding tert-OH is 1. The normalized spacial score (nSPS) is 16.2. The molecule has 0 bridgehead atoms. The number of pyridine rings is 1. The Hall–Kier alpha value is -1.95. The number of imide groups is 1. The van der Waals surface area contributed by atoms with Gasteiger partial charge in [0.25, 0.3) is 0 Å². The van der Waals surface area contributed by atoms with Crippen LogP contribution < -0.4 is 10.2 Å². The van der Waals surface area contributed by atoms with Gasteiger partial charge in [0.2, 0.25) is 5.91 Å². The van der Waals surface area contributed by atoms with Crippen LogP contribution in [0.15, 0.2) is 18.5 Å². The fourth-order valence-electron chi connectivity index (χ4n) is 1.52. The zero-order valence-corrected chi connectivity index (χ0v) is 8.51. The SMILES string of the molecule is O=C1CCN(c2cncc(CO)c2)C(=O)N1. The van der Waals surface area contributed by atoms with E-state index in [1.54, 1.807) is 6.07 Å². The highest BCUT2D eigenvalue weighted by Crippen LogP contribution is 2.17. The van der Waals surface area contributed by atoms with E-state index in [-0.39, 0.29) is 18.9 Å². The van der Waals surface area contributed by atoms with Gasteiger partial charge >= 0.3 is 6.03 Å². The highest BCUT2D eigenvalue weighted by Gasteiger charge is 2.24. The van der Waals surface area contributed by atoms with Crippen molar-refractivity contribution >= 4 is 17.6 Å². The van der Waals surface area contributed by atoms with E-state index in [4.69, 9.17) is 5.11 Å². The summed E-state index contributed by atoms with van der Waals surface area (Å²) in [6, 6.07) is 1.22. The minimum atomic E-state index is -0.451. The molecule has 3 amide bonds. The largest absolute Gasteiger partial charge is 0.392 e. The van der Waals surface area contributed by atoms with Gasteiger partial charge in [-0.05, 0) is 11.6 Å². The maximum absolute atomic E-state index is 11.5. The van der Waals surface area contributed by atoms with Gasteiger partial charge in [0.1, 0.15) is 0 Å². The summed E-state index contributed by atoms with van der Waals surface area (Å²) in [6.45, 7) is 0.205. The van der Waals surface area contributed by atoms with Gasteiger partial charge in [-0.1, -0.05) is 0 Å². The topological polar surface area (TPSA) is 82.5 Å². The summed E-state index contributed by atoms with van der Waals surface area (Å²) in [5.74, 6) is -0.271. The van der Waals surface area contributed by atoms with Crippen molar-refractivity contribution in [3.8, 4) is 0 Å². The van der Waals surface area contributed by atoms with Crippen LogP contribution in [-0.4, -0.2) is 28.6 Å². The Kier molecular flexibility index (Phi) is 2.82. The van der Waals surface area contributed by atoms with Gasteiger partial charge in [-0.2, -0.15) is 0 Å². The van der Waals surface area contributed by atoms with Crippen molar-refractivity contribution in [2.45, 2.75) is 13.0 Å². The summed E-state index contributed by atoms with van der Waals surface area (Å²) < 4.78 is 0. The predicted molar refractivity (Wildman–Crippen MR) is 55.7 cm³/mol. The number of nitrogens with zero attached hydrogens (tertiary/aromatic N) is 2. The summed E-state index contributed by atoms with van der Waals surface area (Å²) in [5, 5.41) is 11.2. The van der Waals surface area contributed by atoms with E-state index < -0.39 is 6.03 Å². The van der Waals surface area contributed by atoms with E-state index in [0.717, 1.165) is 0 Å². The molecule has 2 rings (SSSR count). The van der Waals surface area contributed by atoms with E-state index in [1.165, 1.54) is 17.3 Å². The lowest BCUT2D eigenvalue weighted by Gasteiger charge is -2.26. The Morgan fingerprint density at radius 3 is 2.94 bits per heavy atom. The highest BCUT2D eigenvalue weighted by atomic mass is 16.3.